The quantitative estimate of drug-likeness (QED) is 0.841. The lowest BCUT2D eigenvalue weighted by Gasteiger charge is -2.23. The summed E-state index contributed by atoms with van der Waals surface area (Å²) in [6.45, 7) is 2.96. The molecule has 0 radical (unpaired) electrons. The molecule has 1 atom stereocenters. The Morgan fingerprint density at radius 1 is 1.23 bits per heavy atom. The molecule has 7 heteroatoms. The zero-order valence-electron chi connectivity index (χ0n) is 14.7. The van der Waals surface area contributed by atoms with Crippen molar-refractivity contribution in [2.75, 3.05) is 17.8 Å². The molecule has 2 aromatic carbocycles. The van der Waals surface area contributed by atoms with Crippen LogP contribution in [0.25, 0.3) is 0 Å². The normalized spacial score (nSPS) is 17.3. The van der Waals surface area contributed by atoms with Gasteiger partial charge in [-0.05, 0) is 55.7 Å². The Labute approximate surface area is 154 Å². The van der Waals surface area contributed by atoms with Crippen LogP contribution in [0.2, 0.25) is 0 Å². The van der Waals surface area contributed by atoms with Crippen LogP contribution in [0.4, 0.5) is 5.69 Å². The maximum absolute atomic E-state index is 12.8. The molecule has 26 heavy (non-hydrogen) atoms. The van der Waals surface area contributed by atoms with Crippen molar-refractivity contribution in [1.82, 2.24) is 4.90 Å². The molecule has 1 aliphatic heterocycles. The van der Waals surface area contributed by atoms with Crippen molar-refractivity contribution in [2.45, 2.75) is 30.7 Å². The van der Waals surface area contributed by atoms with E-state index in [1.54, 1.807) is 35.2 Å². The smallest absolute Gasteiger partial charge is 0.261 e. The van der Waals surface area contributed by atoms with Crippen molar-refractivity contribution in [1.29, 1.82) is 0 Å². The third-order valence-corrected chi connectivity index (χ3v) is 5.95. The molecular weight excluding hydrogens is 350 g/mol. The Morgan fingerprint density at radius 3 is 2.73 bits per heavy atom. The fourth-order valence-electron chi connectivity index (χ4n) is 3.23. The highest BCUT2D eigenvalue weighted by molar-refractivity contribution is 7.92. The summed E-state index contributed by atoms with van der Waals surface area (Å²) in [4.78, 5) is 14.6. The van der Waals surface area contributed by atoms with E-state index in [1.807, 2.05) is 13.0 Å². The highest BCUT2D eigenvalue weighted by atomic mass is 32.2. The molecule has 0 bridgehead atoms. The number of carbonyl (C=O) groups is 1. The van der Waals surface area contributed by atoms with E-state index in [0.29, 0.717) is 24.3 Å². The fourth-order valence-corrected chi connectivity index (χ4v) is 4.33. The number of carbonyl (C=O) groups excluding carboxylic acids is 1. The molecule has 6 nitrogen and oxygen atoms in total. The minimum atomic E-state index is -3.77. The molecule has 0 saturated carbocycles. The van der Waals surface area contributed by atoms with Gasteiger partial charge in [0.15, 0.2) is 0 Å². The number of likely N-dealkylation sites (tertiary alicyclic amines) is 1. The maximum atomic E-state index is 12.8. The number of nitrogens with zero attached hydrogens (tertiary/aromatic N) is 1. The summed E-state index contributed by atoms with van der Waals surface area (Å²) in [5, 5.41) is 0. The molecule has 1 heterocycles. The third-order valence-electron chi connectivity index (χ3n) is 4.57. The summed E-state index contributed by atoms with van der Waals surface area (Å²) >= 11 is 0. The van der Waals surface area contributed by atoms with Gasteiger partial charge in [-0.3, -0.25) is 9.52 Å². The largest absolute Gasteiger partial charge is 0.334 e. The van der Waals surface area contributed by atoms with Gasteiger partial charge in [-0.1, -0.05) is 18.2 Å². The number of aryl methyl sites for hydroxylation is 1. The average molecular weight is 373 g/mol. The topological polar surface area (TPSA) is 92.5 Å². The van der Waals surface area contributed by atoms with E-state index in [4.69, 9.17) is 5.73 Å². The number of rotatable bonds is 5. The molecule has 1 fully saturated rings. The van der Waals surface area contributed by atoms with Crippen LogP contribution in [0.3, 0.4) is 0 Å². The molecule has 0 spiro atoms. The monoisotopic (exact) mass is 373 g/mol. The van der Waals surface area contributed by atoms with Gasteiger partial charge in [-0.2, -0.15) is 0 Å². The number of sulfonamides is 1. The predicted octanol–water partition coefficient (Wildman–Crippen LogP) is 2.36. The Bertz CT molecular complexity index is 912. The van der Waals surface area contributed by atoms with E-state index >= 15 is 0 Å². The Morgan fingerprint density at radius 2 is 2.00 bits per heavy atom. The van der Waals surface area contributed by atoms with Crippen LogP contribution >= 0.6 is 0 Å². The zero-order valence-corrected chi connectivity index (χ0v) is 15.5. The highest BCUT2D eigenvalue weighted by Crippen LogP contribution is 2.22. The van der Waals surface area contributed by atoms with Gasteiger partial charge in [-0.15, -0.1) is 0 Å². The number of hydrogen-bond acceptors (Lipinski definition) is 4. The number of nitrogens with one attached hydrogen (secondary N) is 1. The highest BCUT2D eigenvalue weighted by Gasteiger charge is 2.29. The van der Waals surface area contributed by atoms with Gasteiger partial charge in [0.1, 0.15) is 0 Å². The second-order valence-electron chi connectivity index (χ2n) is 6.53. The van der Waals surface area contributed by atoms with Gasteiger partial charge in [0.05, 0.1) is 4.90 Å². The maximum Gasteiger partial charge on any atom is 0.261 e. The summed E-state index contributed by atoms with van der Waals surface area (Å²) in [5.74, 6) is -0.175. The van der Waals surface area contributed by atoms with E-state index in [0.717, 1.165) is 18.4 Å². The van der Waals surface area contributed by atoms with Crippen LogP contribution in [-0.2, 0) is 10.0 Å². The van der Waals surface area contributed by atoms with Gasteiger partial charge in [0, 0.05) is 30.4 Å². The van der Waals surface area contributed by atoms with Crippen LogP contribution in [0, 0.1) is 6.92 Å². The molecule has 1 unspecified atom stereocenters. The number of hydrogen-bond donors (Lipinski definition) is 2. The summed E-state index contributed by atoms with van der Waals surface area (Å²) < 4.78 is 27.9. The molecule has 1 saturated heterocycles. The first kappa shape index (κ1) is 18.4. The standard InChI is InChI=1S/C19H23N3O3S/c1-14-5-2-7-16(11-14)21-26(24,25)18-9-3-6-15(12-18)19(23)22-10-4-8-17(22)13-20/h2-3,5-7,9,11-12,17,21H,4,8,10,13,20H2,1H3. The molecule has 1 amide bonds. The summed E-state index contributed by atoms with van der Waals surface area (Å²) in [5.41, 5.74) is 7.54. The number of amides is 1. The average Bonchev–Trinajstić information content (AvgIpc) is 3.09. The van der Waals surface area contributed by atoms with Crippen molar-refractivity contribution in [3.05, 3.63) is 59.7 Å². The fraction of sp³-hybridized carbons (Fsp3) is 0.316. The van der Waals surface area contributed by atoms with Crippen molar-refractivity contribution >= 4 is 21.6 Å². The van der Waals surface area contributed by atoms with Crippen molar-refractivity contribution in [2.24, 2.45) is 5.73 Å². The van der Waals surface area contributed by atoms with Crippen LogP contribution in [0.1, 0.15) is 28.8 Å². The first-order valence-electron chi connectivity index (χ1n) is 8.61. The number of nitrogens with two attached hydrogens (primary N) is 1. The van der Waals surface area contributed by atoms with Crippen LogP contribution in [0.15, 0.2) is 53.4 Å². The SMILES string of the molecule is Cc1cccc(NS(=O)(=O)c2cccc(C(=O)N3CCCC3CN)c2)c1. The predicted molar refractivity (Wildman–Crippen MR) is 102 cm³/mol. The van der Waals surface area contributed by atoms with Crippen molar-refractivity contribution in [3.63, 3.8) is 0 Å². The van der Waals surface area contributed by atoms with Crippen molar-refractivity contribution in [3.8, 4) is 0 Å². The molecule has 3 N–H and O–H groups in total. The lowest BCUT2D eigenvalue weighted by molar-refractivity contribution is 0.0741. The van der Waals surface area contributed by atoms with Gasteiger partial charge in [0.2, 0.25) is 0 Å². The molecule has 0 aliphatic carbocycles. The van der Waals surface area contributed by atoms with Gasteiger partial charge >= 0.3 is 0 Å². The van der Waals surface area contributed by atoms with Crippen LogP contribution in [0.5, 0.6) is 0 Å². The van der Waals surface area contributed by atoms with E-state index in [2.05, 4.69) is 4.72 Å². The second kappa shape index (κ2) is 7.47. The van der Waals surface area contributed by atoms with Crippen LogP contribution in [-0.4, -0.2) is 38.4 Å². The van der Waals surface area contributed by atoms with E-state index in [1.165, 1.54) is 12.1 Å². The number of anilines is 1. The second-order valence-corrected chi connectivity index (χ2v) is 8.22. The van der Waals surface area contributed by atoms with Gasteiger partial charge in [0.25, 0.3) is 15.9 Å². The minimum Gasteiger partial charge on any atom is -0.334 e. The molecule has 0 aromatic heterocycles. The van der Waals surface area contributed by atoms with Crippen LogP contribution < -0.4 is 10.5 Å². The molecule has 3 rings (SSSR count). The van der Waals surface area contributed by atoms with E-state index in [-0.39, 0.29) is 16.8 Å². The van der Waals surface area contributed by atoms with Gasteiger partial charge < -0.3 is 10.6 Å². The first-order valence-corrected chi connectivity index (χ1v) is 10.1. The Hall–Kier alpha value is -2.38. The Kier molecular flexibility index (Phi) is 5.29. The van der Waals surface area contributed by atoms with Crippen molar-refractivity contribution < 1.29 is 13.2 Å². The Balaban J connectivity index is 1.85. The van der Waals surface area contributed by atoms with Gasteiger partial charge in [-0.25, -0.2) is 8.42 Å². The zero-order chi connectivity index (χ0) is 18.7. The molecular formula is C19H23N3O3S. The lowest BCUT2D eigenvalue weighted by Crippen LogP contribution is -2.39. The summed E-state index contributed by atoms with van der Waals surface area (Å²) in [6, 6.07) is 13.3. The molecule has 138 valence electrons. The summed E-state index contributed by atoms with van der Waals surface area (Å²) in [6.07, 6.45) is 1.80. The van der Waals surface area contributed by atoms with E-state index < -0.39 is 10.0 Å². The third kappa shape index (κ3) is 3.89. The minimum absolute atomic E-state index is 0.0215. The molecule has 2 aromatic rings. The molecule has 1 aliphatic rings. The first-order chi connectivity index (χ1) is 12.4. The lowest BCUT2D eigenvalue weighted by atomic mass is 10.1. The summed E-state index contributed by atoms with van der Waals surface area (Å²) in [7, 11) is -3.77. The number of benzene rings is 2. The van der Waals surface area contributed by atoms with E-state index in [9.17, 15) is 13.2 Å².